The Labute approximate surface area is 155 Å². The first-order valence-corrected chi connectivity index (χ1v) is 8.32. The van der Waals surface area contributed by atoms with E-state index >= 15 is 0 Å². The first-order valence-electron chi connectivity index (χ1n) is 8.32. The van der Waals surface area contributed by atoms with Crippen molar-refractivity contribution >= 4 is 28.7 Å². The van der Waals surface area contributed by atoms with Gasteiger partial charge in [0, 0.05) is 17.9 Å². The van der Waals surface area contributed by atoms with Crippen LogP contribution in [0.1, 0.15) is 24.2 Å². The van der Waals surface area contributed by atoms with Crippen molar-refractivity contribution < 1.29 is 14.3 Å². The summed E-state index contributed by atoms with van der Waals surface area (Å²) in [6.45, 7) is 7.17. The number of rotatable bonds is 6. The van der Waals surface area contributed by atoms with Crippen molar-refractivity contribution in [3.63, 3.8) is 0 Å². The Morgan fingerprint density at radius 3 is 2.67 bits per heavy atom. The first-order chi connectivity index (χ1) is 13.0. The summed E-state index contributed by atoms with van der Waals surface area (Å²) in [5.74, 6) is 0.247. The molecule has 2 amide bonds. The zero-order valence-electron chi connectivity index (χ0n) is 14.9. The summed E-state index contributed by atoms with van der Waals surface area (Å²) >= 11 is 0. The van der Waals surface area contributed by atoms with Gasteiger partial charge in [-0.1, -0.05) is 6.58 Å². The molecule has 0 fully saturated rings. The predicted octanol–water partition coefficient (Wildman–Crippen LogP) is 3.01. The quantitative estimate of drug-likeness (QED) is 0.582. The highest BCUT2D eigenvalue weighted by molar-refractivity contribution is 6.04. The van der Waals surface area contributed by atoms with E-state index in [1.807, 2.05) is 13.8 Å². The lowest BCUT2D eigenvalue weighted by Crippen LogP contribution is -2.29. The molecule has 0 unspecified atom stereocenters. The van der Waals surface area contributed by atoms with Crippen molar-refractivity contribution in [3.05, 3.63) is 54.9 Å². The van der Waals surface area contributed by atoms with Crippen LogP contribution < -0.4 is 15.4 Å². The Kier molecular flexibility index (Phi) is 5.16. The van der Waals surface area contributed by atoms with E-state index in [0.717, 1.165) is 0 Å². The molecule has 2 heterocycles. The highest BCUT2D eigenvalue weighted by Gasteiger charge is 2.16. The number of ether oxygens (including phenoxy) is 1. The normalized spacial score (nSPS) is 10.6. The number of carbonyl (C=O) groups is 2. The van der Waals surface area contributed by atoms with Crippen LogP contribution in [0, 0.1) is 0 Å². The number of nitrogens with zero attached hydrogens (tertiary/aromatic N) is 2. The average Bonchev–Trinajstić information content (AvgIpc) is 3.06. The molecular formula is C19H19N5O3. The van der Waals surface area contributed by atoms with Crippen LogP contribution in [-0.2, 0) is 4.79 Å². The number of anilines is 1. The number of carbonyl (C=O) groups excluding carboxylic acids is 2. The fraction of sp³-hybridized carbons (Fsp3) is 0.158. The summed E-state index contributed by atoms with van der Waals surface area (Å²) in [7, 11) is 0. The first kappa shape index (κ1) is 18.1. The summed E-state index contributed by atoms with van der Waals surface area (Å²) < 4.78 is 5.71. The zero-order valence-corrected chi connectivity index (χ0v) is 14.9. The van der Waals surface area contributed by atoms with Crippen LogP contribution in [0.4, 0.5) is 5.69 Å². The molecule has 2 aromatic heterocycles. The summed E-state index contributed by atoms with van der Waals surface area (Å²) in [5, 5.41) is 5.47. The van der Waals surface area contributed by atoms with Gasteiger partial charge in [0.2, 0.25) is 11.8 Å². The smallest absolute Gasteiger partial charge is 0.255 e. The number of fused-ring (bicyclic) bond motifs is 1. The van der Waals surface area contributed by atoms with Crippen LogP contribution in [0.2, 0.25) is 0 Å². The third-order valence-corrected chi connectivity index (χ3v) is 3.55. The van der Waals surface area contributed by atoms with Gasteiger partial charge in [0.1, 0.15) is 11.3 Å². The number of nitrogens with one attached hydrogen (secondary N) is 3. The van der Waals surface area contributed by atoms with Crippen molar-refractivity contribution in [1.29, 1.82) is 0 Å². The topological polar surface area (TPSA) is 109 Å². The zero-order chi connectivity index (χ0) is 19.4. The minimum absolute atomic E-state index is 0.00920. The van der Waals surface area contributed by atoms with Gasteiger partial charge < -0.3 is 20.4 Å². The number of benzene rings is 1. The van der Waals surface area contributed by atoms with Gasteiger partial charge in [-0.05, 0) is 44.2 Å². The predicted molar refractivity (Wildman–Crippen MR) is 102 cm³/mol. The molecule has 8 nitrogen and oxygen atoms in total. The molecule has 3 aromatic rings. The van der Waals surface area contributed by atoms with E-state index in [4.69, 9.17) is 4.74 Å². The van der Waals surface area contributed by atoms with Crippen LogP contribution in [-0.4, -0.2) is 32.8 Å². The van der Waals surface area contributed by atoms with Crippen molar-refractivity contribution in [2.24, 2.45) is 0 Å². The molecule has 0 aliphatic rings. The molecule has 0 bridgehead atoms. The van der Waals surface area contributed by atoms with Gasteiger partial charge in [-0.3, -0.25) is 9.59 Å². The van der Waals surface area contributed by atoms with Gasteiger partial charge >= 0.3 is 0 Å². The molecule has 27 heavy (non-hydrogen) atoms. The molecule has 138 valence electrons. The van der Waals surface area contributed by atoms with Crippen LogP contribution in [0.3, 0.4) is 0 Å². The summed E-state index contributed by atoms with van der Waals surface area (Å²) in [4.78, 5) is 35.1. The van der Waals surface area contributed by atoms with E-state index < -0.39 is 0 Å². The van der Waals surface area contributed by atoms with Crippen LogP contribution in [0.5, 0.6) is 11.6 Å². The Morgan fingerprint density at radius 2 is 2.00 bits per heavy atom. The highest BCUT2D eigenvalue weighted by atomic mass is 16.5. The number of hydrogen-bond donors (Lipinski definition) is 3. The minimum atomic E-state index is -0.292. The molecule has 0 aliphatic carbocycles. The van der Waals surface area contributed by atoms with Crippen LogP contribution in [0.15, 0.2) is 49.3 Å². The van der Waals surface area contributed by atoms with Gasteiger partial charge in [0.25, 0.3) is 5.91 Å². The van der Waals surface area contributed by atoms with E-state index in [2.05, 4.69) is 32.2 Å². The molecule has 0 radical (unpaired) electrons. The number of hydrogen-bond acceptors (Lipinski definition) is 5. The third kappa shape index (κ3) is 4.30. The van der Waals surface area contributed by atoms with E-state index in [9.17, 15) is 9.59 Å². The van der Waals surface area contributed by atoms with Gasteiger partial charge in [-0.25, -0.2) is 9.97 Å². The standard InChI is InChI=1S/C19H19N5O3/c1-4-15(25)23-12-5-7-13(8-6-12)27-16-10-21-18-17(24-16)14(9-20-18)19(26)22-11(2)3/h4-11H,1H2,2-3H3,(H,20,21)(H,22,26)(H,23,25). The second kappa shape index (κ2) is 7.69. The maximum atomic E-state index is 12.3. The third-order valence-electron chi connectivity index (χ3n) is 3.55. The summed E-state index contributed by atoms with van der Waals surface area (Å²) in [6, 6.07) is 6.78. The minimum Gasteiger partial charge on any atom is -0.437 e. The molecule has 3 rings (SSSR count). The largest absolute Gasteiger partial charge is 0.437 e. The highest BCUT2D eigenvalue weighted by Crippen LogP contribution is 2.23. The van der Waals surface area contributed by atoms with E-state index in [-0.39, 0.29) is 23.7 Å². The Balaban J connectivity index is 1.80. The molecule has 0 aliphatic heterocycles. The molecule has 1 aromatic carbocycles. The van der Waals surface area contributed by atoms with Gasteiger partial charge in [-0.2, -0.15) is 0 Å². The molecule has 8 heteroatoms. The van der Waals surface area contributed by atoms with Gasteiger partial charge in [-0.15, -0.1) is 0 Å². The van der Waals surface area contributed by atoms with Gasteiger partial charge in [0.15, 0.2) is 5.65 Å². The average molecular weight is 365 g/mol. The summed E-state index contributed by atoms with van der Waals surface area (Å²) in [6.07, 6.45) is 4.23. The number of amides is 2. The van der Waals surface area contributed by atoms with Crippen molar-refractivity contribution in [2.75, 3.05) is 5.32 Å². The number of H-pyrrole nitrogens is 1. The van der Waals surface area contributed by atoms with Gasteiger partial charge in [0.05, 0.1) is 11.8 Å². The SMILES string of the molecule is C=CC(=O)Nc1ccc(Oc2cnc3[nH]cc(C(=O)NC(C)C)c3n2)cc1. The van der Waals surface area contributed by atoms with Crippen molar-refractivity contribution in [2.45, 2.75) is 19.9 Å². The summed E-state index contributed by atoms with van der Waals surface area (Å²) in [5.41, 5.74) is 1.95. The molecule has 0 saturated carbocycles. The lowest BCUT2D eigenvalue weighted by molar-refractivity contribution is -0.111. The molecule has 3 N–H and O–H groups in total. The number of aromatic nitrogens is 3. The fourth-order valence-electron chi connectivity index (χ4n) is 2.36. The van der Waals surface area contributed by atoms with Crippen molar-refractivity contribution in [3.8, 4) is 11.6 Å². The van der Waals surface area contributed by atoms with E-state index in [1.165, 1.54) is 12.3 Å². The fourth-order valence-corrected chi connectivity index (χ4v) is 2.36. The molecule has 0 saturated heterocycles. The molecular weight excluding hydrogens is 346 g/mol. The second-order valence-electron chi connectivity index (χ2n) is 6.06. The van der Waals surface area contributed by atoms with Crippen LogP contribution in [0.25, 0.3) is 11.2 Å². The lowest BCUT2D eigenvalue weighted by atomic mass is 10.2. The van der Waals surface area contributed by atoms with Crippen LogP contribution >= 0.6 is 0 Å². The Hall–Kier alpha value is -3.68. The monoisotopic (exact) mass is 365 g/mol. The number of aromatic amines is 1. The van der Waals surface area contributed by atoms with E-state index in [1.54, 1.807) is 30.5 Å². The molecule has 0 spiro atoms. The van der Waals surface area contributed by atoms with Crippen molar-refractivity contribution in [1.82, 2.24) is 20.3 Å². The maximum Gasteiger partial charge on any atom is 0.255 e. The maximum absolute atomic E-state index is 12.3. The Bertz CT molecular complexity index is 992. The Morgan fingerprint density at radius 1 is 1.26 bits per heavy atom. The second-order valence-corrected chi connectivity index (χ2v) is 6.06. The van der Waals surface area contributed by atoms with E-state index in [0.29, 0.717) is 28.2 Å². The lowest BCUT2D eigenvalue weighted by Gasteiger charge is -2.08. The molecule has 0 atom stereocenters.